The molecule has 0 bridgehead atoms. The first kappa shape index (κ1) is 6.58. The molecular formula is C6H13N3. The molecule has 1 unspecified atom stereocenters. The molecule has 0 fully saturated rings. The van der Waals surface area contributed by atoms with Crippen LogP contribution < -0.4 is 10.7 Å². The average Bonchev–Trinajstić information content (AvgIpc) is 2.12. The second-order valence-electron chi connectivity index (χ2n) is 2.32. The lowest BCUT2D eigenvalue weighted by molar-refractivity contribution is 0.224. The van der Waals surface area contributed by atoms with Crippen LogP contribution in [0.3, 0.4) is 0 Å². The van der Waals surface area contributed by atoms with Gasteiger partial charge in [0.05, 0.1) is 0 Å². The minimum Gasteiger partial charge on any atom is -0.325 e. The summed E-state index contributed by atoms with van der Waals surface area (Å²) in [4.78, 5) is 0. The van der Waals surface area contributed by atoms with E-state index in [0.717, 1.165) is 0 Å². The Hall–Kier alpha value is -0.540. The molecule has 1 aliphatic rings. The van der Waals surface area contributed by atoms with Crippen molar-refractivity contribution in [2.24, 2.45) is 0 Å². The lowest BCUT2D eigenvalue weighted by atomic mass is 10.3. The van der Waals surface area contributed by atoms with E-state index in [-0.39, 0.29) is 0 Å². The number of likely N-dealkylation sites (N-methyl/N-ethyl adjacent to an activating group) is 2. The summed E-state index contributed by atoms with van der Waals surface area (Å²) in [6, 6.07) is 0. The average molecular weight is 127 g/mol. The van der Waals surface area contributed by atoms with E-state index in [1.165, 1.54) is 5.57 Å². The van der Waals surface area contributed by atoms with Gasteiger partial charge >= 0.3 is 0 Å². The Labute approximate surface area is 55.7 Å². The Balaban J connectivity index is 2.57. The highest BCUT2D eigenvalue weighted by Gasteiger charge is 2.17. The monoisotopic (exact) mass is 127 g/mol. The van der Waals surface area contributed by atoms with Crippen LogP contribution >= 0.6 is 0 Å². The van der Waals surface area contributed by atoms with Crippen LogP contribution in [-0.2, 0) is 0 Å². The molecule has 1 rings (SSSR count). The van der Waals surface area contributed by atoms with Crippen LogP contribution in [0, 0.1) is 0 Å². The Kier molecular flexibility index (Phi) is 1.73. The summed E-state index contributed by atoms with van der Waals surface area (Å²) in [6.45, 7) is 2.09. The SMILES string of the molecule is CNC1C(C)=CNN1C. The van der Waals surface area contributed by atoms with Gasteiger partial charge in [0.2, 0.25) is 0 Å². The molecule has 1 aliphatic heterocycles. The minimum atomic E-state index is 0.366. The second-order valence-corrected chi connectivity index (χ2v) is 2.32. The van der Waals surface area contributed by atoms with Crippen LogP contribution in [0.2, 0.25) is 0 Å². The quantitative estimate of drug-likeness (QED) is 0.514. The third-order valence-corrected chi connectivity index (χ3v) is 1.59. The first-order valence-corrected chi connectivity index (χ1v) is 3.08. The lowest BCUT2D eigenvalue weighted by Gasteiger charge is -2.19. The number of hydrazine groups is 1. The fourth-order valence-corrected chi connectivity index (χ4v) is 1.08. The van der Waals surface area contributed by atoms with Crippen molar-refractivity contribution in [2.45, 2.75) is 13.1 Å². The van der Waals surface area contributed by atoms with Crippen molar-refractivity contribution in [1.29, 1.82) is 0 Å². The molecular weight excluding hydrogens is 114 g/mol. The highest BCUT2D eigenvalue weighted by Crippen LogP contribution is 2.07. The maximum atomic E-state index is 3.16. The second kappa shape index (κ2) is 2.37. The zero-order chi connectivity index (χ0) is 6.85. The number of hydrogen-bond acceptors (Lipinski definition) is 3. The first-order chi connectivity index (χ1) is 4.25. The molecule has 9 heavy (non-hydrogen) atoms. The molecule has 0 saturated carbocycles. The van der Waals surface area contributed by atoms with Gasteiger partial charge in [-0.1, -0.05) is 0 Å². The number of nitrogens with one attached hydrogen (secondary N) is 2. The Morgan fingerprint density at radius 2 is 2.44 bits per heavy atom. The van der Waals surface area contributed by atoms with Gasteiger partial charge in [0, 0.05) is 13.2 Å². The highest BCUT2D eigenvalue weighted by molar-refractivity contribution is 5.09. The predicted molar refractivity (Wildman–Crippen MR) is 37.5 cm³/mol. The Bertz CT molecular complexity index is 130. The summed E-state index contributed by atoms with van der Waals surface area (Å²) in [5.41, 5.74) is 4.40. The molecule has 3 heteroatoms. The Morgan fingerprint density at radius 1 is 1.78 bits per heavy atom. The van der Waals surface area contributed by atoms with Gasteiger partial charge in [-0.25, -0.2) is 5.01 Å². The van der Waals surface area contributed by atoms with Crippen molar-refractivity contribution in [3.05, 3.63) is 11.8 Å². The number of nitrogens with zero attached hydrogens (tertiary/aromatic N) is 1. The van der Waals surface area contributed by atoms with E-state index in [1.807, 2.05) is 25.3 Å². The molecule has 0 saturated heterocycles. The molecule has 0 aromatic carbocycles. The van der Waals surface area contributed by atoms with Crippen LogP contribution in [0.1, 0.15) is 6.92 Å². The molecule has 0 spiro atoms. The smallest absolute Gasteiger partial charge is 0.101 e. The van der Waals surface area contributed by atoms with Crippen LogP contribution in [0.15, 0.2) is 11.8 Å². The van der Waals surface area contributed by atoms with E-state index in [4.69, 9.17) is 0 Å². The minimum absolute atomic E-state index is 0.366. The van der Waals surface area contributed by atoms with Gasteiger partial charge in [-0.3, -0.25) is 5.32 Å². The Morgan fingerprint density at radius 3 is 2.67 bits per heavy atom. The molecule has 0 radical (unpaired) electrons. The molecule has 0 amide bonds. The molecule has 0 aromatic rings. The fourth-order valence-electron chi connectivity index (χ4n) is 1.08. The molecule has 0 aromatic heterocycles. The summed E-state index contributed by atoms with van der Waals surface area (Å²) in [5.74, 6) is 0. The van der Waals surface area contributed by atoms with Gasteiger partial charge < -0.3 is 5.43 Å². The molecule has 2 N–H and O–H groups in total. The van der Waals surface area contributed by atoms with Crippen LogP contribution in [-0.4, -0.2) is 25.3 Å². The molecule has 1 heterocycles. The van der Waals surface area contributed by atoms with E-state index in [9.17, 15) is 0 Å². The zero-order valence-corrected chi connectivity index (χ0v) is 6.10. The molecule has 0 aliphatic carbocycles. The van der Waals surface area contributed by atoms with Crippen molar-refractivity contribution < 1.29 is 0 Å². The number of rotatable bonds is 1. The molecule has 52 valence electrons. The van der Waals surface area contributed by atoms with Gasteiger partial charge in [-0.2, -0.15) is 0 Å². The maximum Gasteiger partial charge on any atom is 0.101 e. The van der Waals surface area contributed by atoms with Gasteiger partial charge in [0.1, 0.15) is 6.17 Å². The van der Waals surface area contributed by atoms with Crippen molar-refractivity contribution >= 4 is 0 Å². The maximum absolute atomic E-state index is 3.16. The van der Waals surface area contributed by atoms with Gasteiger partial charge in [-0.05, 0) is 19.5 Å². The third-order valence-electron chi connectivity index (χ3n) is 1.59. The predicted octanol–water partition coefficient (Wildman–Crippen LogP) is -0.114. The van der Waals surface area contributed by atoms with Gasteiger partial charge in [-0.15, -0.1) is 0 Å². The normalized spacial score (nSPS) is 27.9. The zero-order valence-electron chi connectivity index (χ0n) is 6.10. The van der Waals surface area contributed by atoms with Gasteiger partial charge in [0.25, 0.3) is 0 Å². The van der Waals surface area contributed by atoms with Crippen LogP contribution in [0.25, 0.3) is 0 Å². The molecule has 1 atom stereocenters. The van der Waals surface area contributed by atoms with Crippen LogP contribution in [0.5, 0.6) is 0 Å². The van der Waals surface area contributed by atoms with Gasteiger partial charge in [0.15, 0.2) is 0 Å². The third kappa shape index (κ3) is 1.06. The summed E-state index contributed by atoms with van der Waals surface area (Å²) in [7, 11) is 3.96. The number of hydrogen-bond donors (Lipinski definition) is 2. The van der Waals surface area contributed by atoms with E-state index < -0.39 is 0 Å². The fraction of sp³-hybridized carbons (Fsp3) is 0.667. The van der Waals surface area contributed by atoms with Crippen molar-refractivity contribution in [2.75, 3.05) is 14.1 Å². The van der Waals surface area contributed by atoms with E-state index >= 15 is 0 Å². The van der Waals surface area contributed by atoms with E-state index in [2.05, 4.69) is 17.7 Å². The van der Waals surface area contributed by atoms with Crippen molar-refractivity contribution in [3.8, 4) is 0 Å². The lowest BCUT2D eigenvalue weighted by Crippen LogP contribution is -2.42. The van der Waals surface area contributed by atoms with E-state index in [1.54, 1.807) is 0 Å². The molecule has 3 nitrogen and oxygen atoms in total. The largest absolute Gasteiger partial charge is 0.325 e. The summed E-state index contributed by atoms with van der Waals surface area (Å²) < 4.78 is 0. The summed E-state index contributed by atoms with van der Waals surface area (Å²) in [6.07, 6.45) is 2.37. The highest BCUT2D eigenvalue weighted by atomic mass is 15.6. The summed E-state index contributed by atoms with van der Waals surface area (Å²) >= 11 is 0. The standard InChI is InChI=1S/C6H13N3/c1-5-4-8-9(3)6(5)7-2/h4,6-8H,1-3H3. The van der Waals surface area contributed by atoms with Crippen molar-refractivity contribution in [1.82, 2.24) is 15.8 Å². The van der Waals surface area contributed by atoms with Crippen LogP contribution in [0.4, 0.5) is 0 Å². The first-order valence-electron chi connectivity index (χ1n) is 3.08. The van der Waals surface area contributed by atoms with E-state index in [0.29, 0.717) is 6.17 Å². The van der Waals surface area contributed by atoms with Crippen molar-refractivity contribution in [3.63, 3.8) is 0 Å². The summed E-state index contributed by atoms with van der Waals surface area (Å²) in [5, 5.41) is 5.18. The topological polar surface area (TPSA) is 27.3 Å².